The highest BCUT2D eigenvalue weighted by Crippen LogP contribution is 2.25. The predicted molar refractivity (Wildman–Crippen MR) is 74.9 cm³/mol. The first kappa shape index (κ1) is 12.4. The molecule has 0 amide bonds. The van der Waals surface area contributed by atoms with Crippen molar-refractivity contribution < 1.29 is 0 Å². The summed E-state index contributed by atoms with van der Waals surface area (Å²) >= 11 is 0. The second-order valence-corrected chi connectivity index (χ2v) is 5.42. The molecule has 2 nitrogen and oxygen atoms in total. The monoisotopic (exact) mass is 232 g/mol. The van der Waals surface area contributed by atoms with Crippen LogP contribution in [0.5, 0.6) is 0 Å². The molecule has 1 fully saturated rings. The Morgan fingerprint density at radius 1 is 1.24 bits per heavy atom. The molecule has 0 saturated carbocycles. The lowest BCUT2D eigenvalue weighted by Gasteiger charge is -2.27. The van der Waals surface area contributed by atoms with Crippen LogP contribution in [0.3, 0.4) is 0 Å². The third-order valence-corrected chi connectivity index (χ3v) is 3.67. The molecule has 1 aliphatic heterocycles. The lowest BCUT2D eigenvalue weighted by molar-refractivity contribution is 0.599. The largest absolute Gasteiger partial charge is 0.373 e. The van der Waals surface area contributed by atoms with Crippen molar-refractivity contribution in [3.8, 4) is 0 Å². The maximum atomic E-state index is 3.57. The molecule has 1 N–H and O–H groups in total. The van der Waals surface area contributed by atoms with E-state index in [9.17, 15) is 0 Å². The van der Waals surface area contributed by atoms with Gasteiger partial charge >= 0.3 is 0 Å². The predicted octanol–water partition coefficient (Wildman–Crippen LogP) is 2.80. The first-order valence-corrected chi connectivity index (χ1v) is 6.60. The summed E-state index contributed by atoms with van der Waals surface area (Å²) in [5.41, 5.74) is 5.55. The molecule has 0 radical (unpaired) electrons. The third-order valence-electron chi connectivity index (χ3n) is 3.67. The van der Waals surface area contributed by atoms with Crippen LogP contribution in [0.1, 0.15) is 29.5 Å². The molecule has 2 rings (SSSR count). The number of aryl methyl sites for hydroxylation is 3. The van der Waals surface area contributed by atoms with Crippen molar-refractivity contribution in [3.63, 3.8) is 0 Å². The van der Waals surface area contributed by atoms with Gasteiger partial charge in [-0.1, -0.05) is 17.7 Å². The zero-order chi connectivity index (χ0) is 12.4. The Kier molecular flexibility index (Phi) is 3.72. The molecule has 17 heavy (non-hydrogen) atoms. The number of hydrogen-bond donors (Lipinski definition) is 1. The van der Waals surface area contributed by atoms with Crippen LogP contribution in [0.4, 0.5) is 5.69 Å². The van der Waals surface area contributed by atoms with Crippen LogP contribution in [0.15, 0.2) is 12.1 Å². The van der Waals surface area contributed by atoms with Crippen LogP contribution >= 0.6 is 0 Å². The van der Waals surface area contributed by atoms with E-state index >= 15 is 0 Å². The molecule has 2 heteroatoms. The molecule has 1 unspecified atom stereocenters. The molecule has 0 aliphatic carbocycles. The molecule has 1 heterocycles. The Balaban J connectivity index is 2.15. The van der Waals surface area contributed by atoms with Crippen molar-refractivity contribution in [1.29, 1.82) is 0 Å². The Hall–Kier alpha value is -1.02. The SMILES string of the molecule is Cc1cc(C)c(N(C)CC2CCCN2)c(C)c1. The zero-order valence-corrected chi connectivity index (χ0v) is 11.5. The van der Waals surface area contributed by atoms with E-state index in [1.54, 1.807) is 0 Å². The molecule has 0 aromatic heterocycles. The van der Waals surface area contributed by atoms with Crippen molar-refractivity contribution in [2.75, 3.05) is 25.0 Å². The fourth-order valence-electron chi connectivity index (χ4n) is 3.11. The summed E-state index contributed by atoms with van der Waals surface area (Å²) in [5, 5.41) is 3.57. The Morgan fingerprint density at radius 2 is 1.88 bits per heavy atom. The average Bonchev–Trinajstić information content (AvgIpc) is 2.68. The van der Waals surface area contributed by atoms with Gasteiger partial charge in [0.05, 0.1) is 0 Å². The maximum Gasteiger partial charge on any atom is 0.0423 e. The van der Waals surface area contributed by atoms with Crippen LogP contribution < -0.4 is 10.2 Å². The highest BCUT2D eigenvalue weighted by Gasteiger charge is 2.17. The van der Waals surface area contributed by atoms with Gasteiger partial charge < -0.3 is 10.2 Å². The van der Waals surface area contributed by atoms with Gasteiger partial charge in [-0.25, -0.2) is 0 Å². The smallest absolute Gasteiger partial charge is 0.0423 e. The van der Waals surface area contributed by atoms with Crippen molar-refractivity contribution in [2.24, 2.45) is 0 Å². The van der Waals surface area contributed by atoms with Gasteiger partial charge in [-0.15, -0.1) is 0 Å². The number of benzene rings is 1. The number of anilines is 1. The first-order chi connectivity index (χ1) is 8.08. The van der Waals surface area contributed by atoms with E-state index in [0.717, 1.165) is 6.54 Å². The molecule has 1 aliphatic rings. The van der Waals surface area contributed by atoms with Gasteiger partial charge in [0.25, 0.3) is 0 Å². The topological polar surface area (TPSA) is 15.3 Å². The third kappa shape index (κ3) is 2.81. The summed E-state index contributed by atoms with van der Waals surface area (Å²) in [7, 11) is 2.21. The van der Waals surface area contributed by atoms with Crippen molar-refractivity contribution in [3.05, 3.63) is 28.8 Å². The number of hydrogen-bond acceptors (Lipinski definition) is 2. The lowest BCUT2D eigenvalue weighted by atomic mass is 10.0. The fourth-order valence-corrected chi connectivity index (χ4v) is 3.11. The standard InChI is InChI=1S/C15H24N2/c1-11-8-12(2)15(13(3)9-11)17(4)10-14-6-5-7-16-14/h8-9,14,16H,5-7,10H2,1-4H3. The fraction of sp³-hybridized carbons (Fsp3) is 0.600. The minimum atomic E-state index is 0.667. The summed E-state index contributed by atoms with van der Waals surface area (Å²) in [6, 6.07) is 5.22. The quantitative estimate of drug-likeness (QED) is 0.862. The molecule has 1 aromatic carbocycles. The van der Waals surface area contributed by atoms with Gasteiger partial charge in [0, 0.05) is 25.3 Å². The molecule has 1 saturated heterocycles. The van der Waals surface area contributed by atoms with E-state index < -0.39 is 0 Å². The summed E-state index contributed by atoms with van der Waals surface area (Å²) in [5.74, 6) is 0. The second kappa shape index (κ2) is 5.09. The summed E-state index contributed by atoms with van der Waals surface area (Å²) < 4.78 is 0. The van der Waals surface area contributed by atoms with Crippen LogP contribution in [-0.4, -0.2) is 26.2 Å². The van der Waals surface area contributed by atoms with Crippen LogP contribution in [0, 0.1) is 20.8 Å². The van der Waals surface area contributed by atoms with Gasteiger partial charge in [0.1, 0.15) is 0 Å². The lowest BCUT2D eigenvalue weighted by Crippen LogP contribution is -2.35. The van der Waals surface area contributed by atoms with Crippen LogP contribution in [-0.2, 0) is 0 Å². The number of nitrogens with one attached hydrogen (secondary N) is 1. The number of nitrogens with zero attached hydrogens (tertiary/aromatic N) is 1. The van der Waals surface area contributed by atoms with E-state index in [2.05, 4.69) is 50.2 Å². The highest BCUT2D eigenvalue weighted by molar-refractivity contribution is 5.59. The van der Waals surface area contributed by atoms with Gasteiger partial charge in [-0.2, -0.15) is 0 Å². The van der Waals surface area contributed by atoms with E-state index in [-0.39, 0.29) is 0 Å². The first-order valence-electron chi connectivity index (χ1n) is 6.60. The van der Waals surface area contributed by atoms with Crippen molar-refractivity contribution in [2.45, 2.75) is 39.7 Å². The van der Waals surface area contributed by atoms with Crippen molar-refractivity contribution in [1.82, 2.24) is 5.32 Å². The highest BCUT2D eigenvalue weighted by atomic mass is 15.1. The van der Waals surface area contributed by atoms with Crippen LogP contribution in [0.25, 0.3) is 0 Å². The van der Waals surface area contributed by atoms with E-state index in [1.165, 1.54) is 41.8 Å². The normalized spacial score (nSPS) is 19.6. The Labute approximate surface area is 105 Å². The number of likely N-dealkylation sites (N-methyl/N-ethyl adjacent to an activating group) is 1. The van der Waals surface area contributed by atoms with Gasteiger partial charge in [0.15, 0.2) is 0 Å². The van der Waals surface area contributed by atoms with E-state index in [0.29, 0.717) is 6.04 Å². The Bertz CT molecular complexity index is 369. The average molecular weight is 232 g/mol. The molecule has 0 bridgehead atoms. The molecular weight excluding hydrogens is 208 g/mol. The zero-order valence-electron chi connectivity index (χ0n) is 11.5. The van der Waals surface area contributed by atoms with Crippen LogP contribution in [0.2, 0.25) is 0 Å². The summed E-state index contributed by atoms with van der Waals surface area (Å²) in [6.45, 7) is 8.90. The summed E-state index contributed by atoms with van der Waals surface area (Å²) in [6.07, 6.45) is 2.64. The summed E-state index contributed by atoms with van der Waals surface area (Å²) in [4.78, 5) is 2.41. The molecule has 94 valence electrons. The molecule has 1 aromatic rings. The van der Waals surface area contributed by atoms with Gasteiger partial charge in [-0.05, 0) is 51.3 Å². The molecular formula is C15H24N2. The maximum absolute atomic E-state index is 3.57. The molecule has 0 spiro atoms. The van der Waals surface area contributed by atoms with Crippen molar-refractivity contribution >= 4 is 5.69 Å². The van der Waals surface area contributed by atoms with E-state index in [1.807, 2.05) is 0 Å². The molecule has 1 atom stereocenters. The van der Waals surface area contributed by atoms with Gasteiger partial charge in [0.2, 0.25) is 0 Å². The minimum Gasteiger partial charge on any atom is -0.373 e. The van der Waals surface area contributed by atoms with Gasteiger partial charge in [-0.3, -0.25) is 0 Å². The Morgan fingerprint density at radius 3 is 2.41 bits per heavy atom. The number of rotatable bonds is 3. The second-order valence-electron chi connectivity index (χ2n) is 5.42. The minimum absolute atomic E-state index is 0.667. The van der Waals surface area contributed by atoms with E-state index in [4.69, 9.17) is 0 Å².